The van der Waals surface area contributed by atoms with Crippen LogP contribution in [0.4, 0.5) is 0 Å². The highest BCUT2D eigenvalue weighted by atomic mass is 32.1. The second kappa shape index (κ2) is 5.53. The number of hydrogen-bond acceptors (Lipinski definition) is 3. The fourth-order valence-electron chi connectivity index (χ4n) is 2.91. The number of nitrogens with zero attached hydrogens (tertiary/aromatic N) is 1. The molecule has 1 aromatic carbocycles. The van der Waals surface area contributed by atoms with Crippen LogP contribution >= 0.6 is 11.3 Å². The maximum Gasteiger partial charge on any atom is 0.254 e. The Labute approximate surface area is 129 Å². The molecule has 1 aliphatic heterocycles. The number of ether oxygens (including phenoxy) is 1. The topological polar surface area (TPSA) is 29.5 Å². The molecule has 0 N–H and O–H groups in total. The fourth-order valence-corrected chi connectivity index (χ4v) is 3.87. The van der Waals surface area contributed by atoms with E-state index in [4.69, 9.17) is 4.74 Å². The van der Waals surface area contributed by atoms with E-state index >= 15 is 0 Å². The Morgan fingerprint density at radius 2 is 2.19 bits per heavy atom. The van der Waals surface area contributed by atoms with E-state index in [0.717, 1.165) is 24.3 Å². The molecule has 2 aromatic rings. The zero-order valence-corrected chi connectivity index (χ0v) is 13.4. The van der Waals surface area contributed by atoms with Gasteiger partial charge in [-0.2, -0.15) is 0 Å². The molecule has 4 heteroatoms. The van der Waals surface area contributed by atoms with Crippen LogP contribution < -0.4 is 4.74 Å². The summed E-state index contributed by atoms with van der Waals surface area (Å²) in [5, 5.41) is 2.12. The first-order valence-electron chi connectivity index (χ1n) is 7.13. The van der Waals surface area contributed by atoms with E-state index in [9.17, 15) is 4.79 Å². The lowest BCUT2D eigenvalue weighted by atomic mass is 10.00. The number of fused-ring (bicyclic) bond motifs is 1. The molecule has 21 heavy (non-hydrogen) atoms. The summed E-state index contributed by atoms with van der Waals surface area (Å²) in [6, 6.07) is 7.94. The summed E-state index contributed by atoms with van der Waals surface area (Å²) < 4.78 is 5.32. The number of carbonyl (C=O) groups excluding carboxylic acids is 1. The molecule has 3 nitrogen and oxygen atoms in total. The lowest BCUT2D eigenvalue weighted by Crippen LogP contribution is -2.38. The Hall–Kier alpha value is -1.81. The molecule has 0 saturated heterocycles. The van der Waals surface area contributed by atoms with E-state index in [-0.39, 0.29) is 11.9 Å². The molecule has 0 fully saturated rings. The van der Waals surface area contributed by atoms with Crippen molar-refractivity contribution in [3.05, 3.63) is 51.2 Å². The Morgan fingerprint density at radius 1 is 1.38 bits per heavy atom. The van der Waals surface area contributed by atoms with Crippen molar-refractivity contribution >= 4 is 17.2 Å². The minimum Gasteiger partial charge on any atom is -0.496 e. The van der Waals surface area contributed by atoms with Crippen LogP contribution in [-0.2, 0) is 6.42 Å². The largest absolute Gasteiger partial charge is 0.496 e. The molecular formula is C17H19NO2S. The van der Waals surface area contributed by atoms with Gasteiger partial charge in [-0.1, -0.05) is 6.07 Å². The molecule has 2 heterocycles. The van der Waals surface area contributed by atoms with Crippen molar-refractivity contribution in [2.24, 2.45) is 0 Å². The number of methoxy groups -OCH3 is 1. The molecule has 1 atom stereocenters. The first kappa shape index (κ1) is 14.1. The van der Waals surface area contributed by atoms with Crippen LogP contribution in [0.15, 0.2) is 29.6 Å². The average molecular weight is 301 g/mol. The zero-order valence-electron chi connectivity index (χ0n) is 12.6. The predicted molar refractivity (Wildman–Crippen MR) is 85.2 cm³/mol. The average Bonchev–Trinajstić information content (AvgIpc) is 2.97. The van der Waals surface area contributed by atoms with Crippen molar-refractivity contribution in [3.8, 4) is 5.75 Å². The molecule has 0 unspecified atom stereocenters. The van der Waals surface area contributed by atoms with Crippen LogP contribution in [0.2, 0.25) is 0 Å². The van der Waals surface area contributed by atoms with Crippen LogP contribution in [0.3, 0.4) is 0 Å². The maximum absolute atomic E-state index is 12.8. The van der Waals surface area contributed by atoms with Crippen LogP contribution in [0.25, 0.3) is 0 Å². The van der Waals surface area contributed by atoms with Gasteiger partial charge in [-0.15, -0.1) is 11.3 Å². The second-order valence-electron chi connectivity index (χ2n) is 5.41. The maximum atomic E-state index is 12.8. The summed E-state index contributed by atoms with van der Waals surface area (Å²) in [6.45, 7) is 4.87. The van der Waals surface area contributed by atoms with Crippen molar-refractivity contribution in [2.75, 3.05) is 13.7 Å². The van der Waals surface area contributed by atoms with E-state index in [1.807, 2.05) is 30.0 Å². The van der Waals surface area contributed by atoms with Crippen LogP contribution in [0.1, 0.15) is 39.3 Å². The molecule has 0 bridgehead atoms. The van der Waals surface area contributed by atoms with Gasteiger partial charge < -0.3 is 9.64 Å². The van der Waals surface area contributed by atoms with Gasteiger partial charge in [0.1, 0.15) is 5.75 Å². The van der Waals surface area contributed by atoms with Crippen molar-refractivity contribution in [1.29, 1.82) is 0 Å². The Morgan fingerprint density at radius 3 is 2.95 bits per heavy atom. The van der Waals surface area contributed by atoms with Crippen molar-refractivity contribution in [1.82, 2.24) is 4.90 Å². The highest BCUT2D eigenvalue weighted by Crippen LogP contribution is 2.34. The van der Waals surface area contributed by atoms with Crippen molar-refractivity contribution in [2.45, 2.75) is 26.3 Å². The van der Waals surface area contributed by atoms with Gasteiger partial charge in [-0.05, 0) is 55.0 Å². The van der Waals surface area contributed by atoms with Gasteiger partial charge in [0.2, 0.25) is 0 Å². The quantitative estimate of drug-likeness (QED) is 0.844. The SMILES string of the molecule is COc1cc(C(=O)N2CCc3sccc3[C@H]2C)ccc1C. The molecular weight excluding hydrogens is 282 g/mol. The highest BCUT2D eigenvalue weighted by Gasteiger charge is 2.29. The molecule has 0 radical (unpaired) electrons. The normalized spacial score (nSPS) is 17.5. The minimum absolute atomic E-state index is 0.0812. The number of thiophene rings is 1. The van der Waals surface area contributed by atoms with E-state index in [1.54, 1.807) is 18.4 Å². The lowest BCUT2D eigenvalue weighted by molar-refractivity contribution is 0.0679. The number of carbonyl (C=O) groups is 1. The third kappa shape index (κ3) is 2.44. The molecule has 0 spiro atoms. The van der Waals surface area contributed by atoms with Gasteiger partial charge in [0.25, 0.3) is 5.91 Å². The van der Waals surface area contributed by atoms with E-state index in [0.29, 0.717) is 5.56 Å². The Bertz CT molecular complexity index is 677. The van der Waals surface area contributed by atoms with Gasteiger partial charge in [0.15, 0.2) is 0 Å². The minimum atomic E-state index is 0.0812. The number of benzene rings is 1. The molecule has 0 saturated carbocycles. The molecule has 0 aliphatic carbocycles. The Kier molecular flexibility index (Phi) is 3.72. The summed E-state index contributed by atoms with van der Waals surface area (Å²) in [5.74, 6) is 0.847. The number of aryl methyl sites for hydroxylation is 1. The molecule has 1 amide bonds. The van der Waals surface area contributed by atoms with Gasteiger partial charge in [0.05, 0.1) is 13.2 Å². The predicted octanol–water partition coefficient (Wildman–Crippen LogP) is 3.82. The van der Waals surface area contributed by atoms with Crippen LogP contribution in [-0.4, -0.2) is 24.5 Å². The van der Waals surface area contributed by atoms with Gasteiger partial charge >= 0.3 is 0 Å². The van der Waals surface area contributed by atoms with Gasteiger partial charge in [-0.25, -0.2) is 0 Å². The standard InChI is InChI=1S/C17H19NO2S/c1-11-4-5-13(10-15(11)20-3)17(19)18-8-6-16-14(12(18)2)7-9-21-16/h4-5,7,9-10,12H,6,8H2,1-3H3/t12-/m1/s1. The third-order valence-electron chi connectivity index (χ3n) is 4.19. The summed E-state index contributed by atoms with van der Waals surface area (Å²) in [6.07, 6.45) is 0.950. The number of rotatable bonds is 2. The number of hydrogen-bond donors (Lipinski definition) is 0. The van der Waals surface area contributed by atoms with Crippen LogP contribution in [0.5, 0.6) is 5.75 Å². The first-order valence-corrected chi connectivity index (χ1v) is 8.01. The smallest absolute Gasteiger partial charge is 0.254 e. The summed E-state index contributed by atoms with van der Waals surface area (Å²) >= 11 is 1.79. The summed E-state index contributed by atoms with van der Waals surface area (Å²) in [7, 11) is 1.64. The Balaban J connectivity index is 1.89. The van der Waals surface area contributed by atoms with E-state index < -0.39 is 0 Å². The fraction of sp³-hybridized carbons (Fsp3) is 0.353. The van der Waals surface area contributed by atoms with Gasteiger partial charge in [-0.3, -0.25) is 4.79 Å². The number of amides is 1. The molecule has 1 aromatic heterocycles. The zero-order chi connectivity index (χ0) is 15.0. The summed E-state index contributed by atoms with van der Waals surface area (Å²) in [4.78, 5) is 16.2. The van der Waals surface area contributed by atoms with Crippen molar-refractivity contribution in [3.63, 3.8) is 0 Å². The summed E-state index contributed by atoms with van der Waals surface area (Å²) in [5.41, 5.74) is 3.03. The van der Waals surface area contributed by atoms with E-state index in [1.165, 1.54) is 10.4 Å². The monoisotopic (exact) mass is 301 g/mol. The molecule has 110 valence electrons. The lowest BCUT2D eigenvalue weighted by Gasteiger charge is -2.33. The third-order valence-corrected chi connectivity index (χ3v) is 5.19. The molecule has 1 aliphatic rings. The van der Waals surface area contributed by atoms with E-state index in [2.05, 4.69) is 18.4 Å². The van der Waals surface area contributed by atoms with Crippen molar-refractivity contribution < 1.29 is 9.53 Å². The first-order chi connectivity index (χ1) is 10.1. The second-order valence-corrected chi connectivity index (χ2v) is 6.41. The van der Waals surface area contributed by atoms with Crippen LogP contribution in [0, 0.1) is 6.92 Å². The highest BCUT2D eigenvalue weighted by molar-refractivity contribution is 7.10. The van der Waals surface area contributed by atoms with Gasteiger partial charge in [0, 0.05) is 17.0 Å². The molecule has 3 rings (SSSR count).